The molecular weight excluding hydrogens is 348 g/mol. The number of rotatable bonds is 4. The highest BCUT2D eigenvalue weighted by Gasteiger charge is 2.38. The topological polar surface area (TPSA) is 9.23 Å². The molecule has 0 aliphatic heterocycles. The average molecular weight is 372 g/mol. The lowest BCUT2D eigenvalue weighted by atomic mass is 10.1. The fourth-order valence-corrected chi connectivity index (χ4v) is 3.41. The van der Waals surface area contributed by atoms with Crippen molar-refractivity contribution >= 4 is 40.2 Å². The lowest BCUT2D eigenvalue weighted by Gasteiger charge is -2.39. The van der Waals surface area contributed by atoms with Crippen molar-refractivity contribution in [3.8, 4) is 0 Å². The van der Waals surface area contributed by atoms with Crippen LogP contribution < -0.4 is 0 Å². The van der Waals surface area contributed by atoms with E-state index in [0.717, 1.165) is 3.39 Å². The van der Waals surface area contributed by atoms with E-state index in [0.29, 0.717) is 5.92 Å². The third kappa shape index (κ3) is 5.47. The van der Waals surface area contributed by atoms with E-state index in [1.165, 1.54) is 0 Å². The van der Waals surface area contributed by atoms with Gasteiger partial charge >= 0.3 is 0 Å². The van der Waals surface area contributed by atoms with Gasteiger partial charge in [-0.25, -0.2) is 0 Å². The van der Waals surface area contributed by atoms with Crippen LogP contribution in [0.2, 0.25) is 18.1 Å². The van der Waals surface area contributed by atoms with E-state index in [-0.39, 0.29) is 11.1 Å². The Morgan fingerprint density at radius 2 is 1.62 bits per heavy atom. The molecule has 1 nitrogen and oxygen atoms in total. The highest BCUT2D eigenvalue weighted by atomic mass is 79.9. The van der Waals surface area contributed by atoms with Crippen molar-refractivity contribution < 1.29 is 4.43 Å². The van der Waals surface area contributed by atoms with Gasteiger partial charge in [0.15, 0.2) is 8.32 Å². The molecule has 0 fully saturated rings. The van der Waals surface area contributed by atoms with Crippen LogP contribution in [0, 0.1) is 5.92 Å². The summed E-state index contributed by atoms with van der Waals surface area (Å²) in [6, 6.07) is 0. The van der Waals surface area contributed by atoms with Gasteiger partial charge in [-0.05, 0) is 56.9 Å². The van der Waals surface area contributed by atoms with Crippen LogP contribution >= 0.6 is 31.9 Å². The van der Waals surface area contributed by atoms with E-state index >= 15 is 0 Å². The van der Waals surface area contributed by atoms with Crippen molar-refractivity contribution in [3.05, 3.63) is 9.47 Å². The molecule has 0 aromatic rings. The Kier molecular flexibility index (Phi) is 6.50. The predicted octanol–water partition coefficient (Wildman–Crippen LogP) is 5.66. The van der Waals surface area contributed by atoms with E-state index < -0.39 is 8.32 Å². The van der Waals surface area contributed by atoms with Gasteiger partial charge in [0.1, 0.15) is 0 Å². The SMILES string of the molecule is CC(O[Si](C)(C)C(C)(C)C)[C@H](C)C=C(Br)Br. The number of hydrogen-bond donors (Lipinski definition) is 0. The first kappa shape index (κ1) is 16.9. The molecule has 0 aliphatic carbocycles. The van der Waals surface area contributed by atoms with Gasteiger partial charge in [0.2, 0.25) is 0 Å². The molecule has 0 aromatic heterocycles. The van der Waals surface area contributed by atoms with Crippen LogP contribution in [-0.2, 0) is 4.43 Å². The summed E-state index contributed by atoms with van der Waals surface area (Å²) in [6.45, 7) is 15.7. The molecule has 0 amide bonds. The second-order valence-electron chi connectivity index (χ2n) is 5.90. The largest absolute Gasteiger partial charge is 0.414 e. The van der Waals surface area contributed by atoms with E-state index in [9.17, 15) is 0 Å². The van der Waals surface area contributed by atoms with Crippen LogP contribution in [-0.4, -0.2) is 14.4 Å². The van der Waals surface area contributed by atoms with Crippen LogP contribution in [0.15, 0.2) is 9.47 Å². The molecule has 0 rings (SSSR count). The summed E-state index contributed by atoms with van der Waals surface area (Å²) in [5.41, 5.74) is 0. The molecular formula is C12H24Br2OSi. The summed E-state index contributed by atoms with van der Waals surface area (Å²) >= 11 is 6.79. The molecule has 4 heteroatoms. The van der Waals surface area contributed by atoms with E-state index in [1.807, 2.05) is 0 Å². The first-order valence-corrected chi connectivity index (χ1v) is 10.2. The summed E-state index contributed by atoms with van der Waals surface area (Å²) in [5, 5.41) is 0.274. The van der Waals surface area contributed by atoms with Crippen LogP contribution in [0.4, 0.5) is 0 Å². The zero-order valence-electron chi connectivity index (χ0n) is 11.4. The smallest absolute Gasteiger partial charge is 0.192 e. The maximum absolute atomic E-state index is 6.32. The van der Waals surface area contributed by atoms with Gasteiger partial charge in [-0.3, -0.25) is 0 Å². The van der Waals surface area contributed by atoms with E-state index in [2.05, 4.69) is 85.6 Å². The zero-order chi connectivity index (χ0) is 13.1. The monoisotopic (exact) mass is 370 g/mol. The first-order chi connectivity index (χ1) is 6.97. The molecule has 2 atom stereocenters. The van der Waals surface area contributed by atoms with Crippen LogP contribution in [0.3, 0.4) is 0 Å². The lowest BCUT2D eigenvalue weighted by molar-refractivity contribution is 0.164. The Labute approximate surface area is 118 Å². The van der Waals surface area contributed by atoms with E-state index in [4.69, 9.17) is 4.43 Å². The van der Waals surface area contributed by atoms with Gasteiger partial charge in [-0.15, -0.1) is 0 Å². The Hall–Kier alpha value is 0.877. The molecule has 96 valence electrons. The zero-order valence-corrected chi connectivity index (χ0v) is 15.6. The average Bonchev–Trinajstić information content (AvgIpc) is 1.99. The lowest BCUT2D eigenvalue weighted by Crippen LogP contribution is -2.44. The normalized spacial score (nSPS) is 16.8. The predicted molar refractivity (Wildman–Crippen MR) is 82.8 cm³/mol. The minimum absolute atomic E-state index is 0.256. The Bertz CT molecular complexity index is 252. The Morgan fingerprint density at radius 3 is 1.94 bits per heavy atom. The number of hydrogen-bond acceptors (Lipinski definition) is 1. The van der Waals surface area contributed by atoms with Crippen molar-refractivity contribution in [2.45, 2.75) is 58.9 Å². The minimum Gasteiger partial charge on any atom is -0.414 e. The molecule has 16 heavy (non-hydrogen) atoms. The summed E-state index contributed by atoms with van der Waals surface area (Å²) in [7, 11) is -1.64. The molecule has 0 saturated carbocycles. The molecule has 0 aromatic carbocycles. The van der Waals surface area contributed by atoms with Crippen LogP contribution in [0.25, 0.3) is 0 Å². The first-order valence-electron chi connectivity index (χ1n) is 5.68. The summed E-state index contributed by atoms with van der Waals surface area (Å²) in [5.74, 6) is 0.405. The molecule has 0 bridgehead atoms. The molecule has 0 heterocycles. The van der Waals surface area contributed by atoms with Gasteiger partial charge in [0.05, 0.1) is 3.39 Å². The maximum atomic E-state index is 6.32. The van der Waals surface area contributed by atoms with Crippen molar-refractivity contribution in [1.82, 2.24) is 0 Å². The van der Waals surface area contributed by atoms with Gasteiger partial charge in [-0.2, -0.15) is 0 Å². The van der Waals surface area contributed by atoms with Crippen molar-refractivity contribution in [2.24, 2.45) is 5.92 Å². The second-order valence-corrected chi connectivity index (χ2v) is 13.4. The van der Waals surface area contributed by atoms with Crippen molar-refractivity contribution in [1.29, 1.82) is 0 Å². The second kappa shape index (κ2) is 6.16. The standard InChI is InChI=1S/C12H24Br2OSi/c1-9(8-11(13)14)10(2)15-16(6,7)12(3,4)5/h8-10H,1-7H3/t9-,10?/m1/s1. The summed E-state index contributed by atoms with van der Waals surface area (Å²) in [4.78, 5) is 0. The summed E-state index contributed by atoms with van der Waals surface area (Å²) in [6.07, 6.45) is 2.39. The van der Waals surface area contributed by atoms with Crippen LogP contribution in [0.1, 0.15) is 34.6 Å². The molecule has 0 aliphatic rings. The fourth-order valence-electron chi connectivity index (χ4n) is 1.08. The Morgan fingerprint density at radius 1 is 1.19 bits per heavy atom. The minimum atomic E-state index is -1.64. The summed E-state index contributed by atoms with van der Waals surface area (Å²) < 4.78 is 7.32. The van der Waals surface area contributed by atoms with Crippen LogP contribution in [0.5, 0.6) is 0 Å². The number of halogens is 2. The highest BCUT2D eigenvalue weighted by Crippen LogP contribution is 2.38. The fraction of sp³-hybridized carbons (Fsp3) is 0.833. The third-order valence-electron chi connectivity index (χ3n) is 3.42. The molecule has 0 spiro atoms. The van der Waals surface area contributed by atoms with Crippen molar-refractivity contribution in [3.63, 3.8) is 0 Å². The van der Waals surface area contributed by atoms with E-state index in [1.54, 1.807) is 0 Å². The third-order valence-corrected chi connectivity index (χ3v) is 8.52. The Balaban J connectivity index is 4.57. The van der Waals surface area contributed by atoms with Gasteiger partial charge in [0.25, 0.3) is 0 Å². The maximum Gasteiger partial charge on any atom is 0.192 e. The molecule has 0 radical (unpaired) electrons. The van der Waals surface area contributed by atoms with Gasteiger partial charge in [0, 0.05) is 12.0 Å². The van der Waals surface area contributed by atoms with Gasteiger partial charge < -0.3 is 4.43 Å². The van der Waals surface area contributed by atoms with Crippen molar-refractivity contribution in [2.75, 3.05) is 0 Å². The molecule has 0 N–H and O–H groups in total. The van der Waals surface area contributed by atoms with Gasteiger partial charge in [-0.1, -0.05) is 33.8 Å². The molecule has 1 unspecified atom stereocenters. The molecule has 0 saturated heterocycles. The quantitative estimate of drug-likeness (QED) is 0.579. The highest BCUT2D eigenvalue weighted by molar-refractivity contribution is 9.28.